The highest BCUT2D eigenvalue weighted by Crippen LogP contribution is 2.24. The first-order chi connectivity index (χ1) is 7.10. The average Bonchev–Trinajstić information content (AvgIpc) is 2.27. The fourth-order valence-electron chi connectivity index (χ4n) is 1.49. The van der Waals surface area contributed by atoms with Crippen molar-refractivity contribution in [3.63, 3.8) is 0 Å². The van der Waals surface area contributed by atoms with Gasteiger partial charge in [0.15, 0.2) is 0 Å². The van der Waals surface area contributed by atoms with Crippen LogP contribution in [0.15, 0.2) is 24.3 Å². The van der Waals surface area contributed by atoms with Gasteiger partial charge in [0.25, 0.3) is 0 Å². The largest absolute Gasteiger partial charge is 0.374 e. The minimum atomic E-state index is -0.199. The van der Waals surface area contributed by atoms with Crippen molar-refractivity contribution in [3.8, 4) is 0 Å². The van der Waals surface area contributed by atoms with Crippen LogP contribution >= 0.6 is 0 Å². The summed E-state index contributed by atoms with van der Waals surface area (Å²) in [5, 5.41) is 3.16. The van der Waals surface area contributed by atoms with Crippen molar-refractivity contribution in [3.05, 3.63) is 35.4 Å². The zero-order valence-electron chi connectivity index (χ0n) is 10.1. The van der Waals surface area contributed by atoms with Gasteiger partial charge >= 0.3 is 0 Å². The third-order valence-electron chi connectivity index (χ3n) is 2.80. The van der Waals surface area contributed by atoms with Gasteiger partial charge in [-0.3, -0.25) is 0 Å². The molecule has 1 aromatic carbocycles. The van der Waals surface area contributed by atoms with Crippen molar-refractivity contribution < 1.29 is 4.74 Å². The third-order valence-corrected chi connectivity index (χ3v) is 2.80. The maximum absolute atomic E-state index is 5.47. The van der Waals surface area contributed by atoms with E-state index < -0.39 is 0 Å². The van der Waals surface area contributed by atoms with Crippen molar-refractivity contribution in [1.82, 2.24) is 5.32 Å². The first-order valence-electron chi connectivity index (χ1n) is 5.39. The summed E-state index contributed by atoms with van der Waals surface area (Å²) in [5.41, 5.74) is 2.39. The molecule has 0 fully saturated rings. The Hall–Kier alpha value is -0.860. The molecule has 0 atom stereocenters. The molecule has 0 heterocycles. The van der Waals surface area contributed by atoms with E-state index >= 15 is 0 Å². The molecule has 0 saturated carbocycles. The summed E-state index contributed by atoms with van der Waals surface area (Å²) in [6.07, 6.45) is 1.06. The van der Waals surface area contributed by atoms with Crippen molar-refractivity contribution in [1.29, 1.82) is 0 Å². The SMILES string of the molecule is CNCCc1cccc(C(C)(C)OC)c1. The Morgan fingerprint density at radius 2 is 2.07 bits per heavy atom. The van der Waals surface area contributed by atoms with Gasteiger partial charge in [-0.15, -0.1) is 0 Å². The molecule has 84 valence electrons. The van der Waals surface area contributed by atoms with Gasteiger partial charge in [-0.1, -0.05) is 24.3 Å². The van der Waals surface area contributed by atoms with E-state index in [1.807, 2.05) is 7.05 Å². The molecule has 2 nitrogen and oxygen atoms in total. The van der Waals surface area contributed by atoms with Crippen molar-refractivity contribution in [2.24, 2.45) is 0 Å². The minimum Gasteiger partial charge on any atom is -0.374 e. The topological polar surface area (TPSA) is 21.3 Å². The normalized spacial score (nSPS) is 11.7. The predicted molar refractivity (Wildman–Crippen MR) is 64.1 cm³/mol. The Bertz CT molecular complexity index is 307. The van der Waals surface area contributed by atoms with Gasteiger partial charge in [0, 0.05) is 7.11 Å². The van der Waals surface area contributed by atoms with Crippen LogP contribution in [0.25, 0.3) is 0 Å². The molecule has 1 aromatic rings. The second-order valence-corrected chi connectivity index (χ2v) is 4.27. The van der Waals surface area contributed by atoms with E-state index in [9.17, 15) is 0 Å². The highest BCUT2D eigenvalue weighted by Gasteiger charge is 2.18. The van der Waals surface area contributed by atoms with E-state index in [-0.39, 0.29) is 5.60 Å². The van der Waals surface area contributed by atoms with Crippen LogP contribution in [0.4, 0.5) is 0 Å². The Morgan fingerprint density at radius 3 is 2.67 bits per heavy atom. The van der Waals surface area contributed by atoms with E-state index in [1.54, 1.807) is 7.11 Å². The Kier molecular flexibility index (Phi) is 4.30. The Labute approximate surface area is 92.6 Å². The molecule has 0 bridgehead atoms. The number of benzene rings is 1. The van der Waals surface area contributed by atoms with Gasteiger partial charge in [-0.25, -0.2) is 0 Å². The molecule has 2 heteroatoms. The van der Waals surface area contributed by atoms with Crippen LogP contribution in [0.3, 0.4) is 0 Å². The van der Waals surface area contributed by atoms with Gasteiger partial charge in [0.2, 0.25) is 0 Å². The minimum absolute atomic E-state index is 0.199. The molecule has 1 N–H and O–H groups in total. The number of methoxy groups -OCH3 is 1. The predicted octanol–water partition coefficient (Wildman–Crippen LogP) is 2.33. The Morgan fingerprint density at radius 1 is 1.33 bits per heavy atom. The number of hydrogen-bond acceptors (Lipinski definition) is 2. The molecule has 0 radical (unpaired) electrons. The van der Waals surface area contributed by atoms with Gasteiger partial charge < -0.3 is 10.1 Å². The molecule has 1 rings (SSSR count). The van der Waals surface area contributed by atoms with Crippen LogP contribution in [0.2, 0.25) is 0 Å². The maximum atomic E-state index is 5.47. The fraction of sp³-hybridized carbons (Fsp3) is 0.538. The molecular formula is C13H21NO. The lowest BCUT2D eigenvalue weighted by atomic mass is 9.95. The number of nitrogens with one attached hydrogen (secondary N) is 1. The van der Waals surface area contributed by atoms with Crippen LogP contribution in [-0.2, 0) is 16.8 Å². The molecule has 0 aliphatic heterocycles. The van der Waals surface area contributed by atoms with Crippen LogP contribution < -0.4 is 5.32 Å². The summed E-state index contributed by atoms with van der Waals surface area (Å²) < 4.78 is 5.47. The molecule has 0 aromatic heterocycles. The number of rotatable bonds is 5. The first-order valence-corrected chi connectivity index (χ1v) is 5.39. The smallest absolute Gasteiger partial charge is 0.0871 e. The van der Waals surface area contributed by atoms with E-state index in [2.05, 4.69) is 43.4 Å². The summed E-state index contributed by atoms with van der Waals surface area (Å²) in [7, 11) is 3.73. The van der Waals surface area contributed by atoms with Crippen LogP contribution in [0.5, 0.6) is 0 Å². The molecule has 0 spiro atoms. The molecule has 15 heavy (non-hydrogen) atoms. The quantitative estimate of drug-likeness (QED) is 0.800. The summed E-state index contributed by atoms with van der Waals surface area (Å²) >= 11 is 0. The zero-order chi connectivity index (χ0) is 11.3. The number of likely N-dealkylation sites (N-methyl/N-ethyl adjacent to an activating group) is 1. The van der Waals surface area contributed by atoms with E-state index in [0.29, 0.717) is 0 Å². The van der Waals surface area contributed by atoms with E-state index in [4.69, 9.17) is 4.74 Å². The fourth-order valence-corrected chi connectivity index (χ4v) is 1.49. The van der Waals surface area contributed by atoms with E-state index in [0.717, 1.165) is 13.0 Å². The molecule has 0 aliphatic carbocycles. The highest BCUT2D eigenvalue weighted by molar-refractivity contribution is 5.27. The second-order valence-electron chi connectivity index (χ2n) is 4.27. The Balaban J connectivity index is 2.82. The average molecular weight is 207 g/mol. The highest BCUT2D eigenvalue weighted by atomic mass is 16.5. The van der Waals surface area contributed by atoms with E-state index in [1.165, 1.54) is 11.1 Å². The maximum Gasteiger partial charge on any atom is 0.0871 e. The summed E-state index contributed by atoms with van der Waals surface area (Å²) in [4.78, 5) is 0. The van der Waals surface area contributed by atoms with Crippen LogP contribution in [0.1, 0.15) is 25.0 Å². The second kappa shape index (κ2) is 5.29. The lowest BCUT2D eigenvalue weighted by molar-refractivity contribution is 0.0191. The monoisotopic (exact) mass is 207 g/mol. The van der Waals surface area contributed by atoms with Crippen molar-refractivity contribution in [2.75, 3.05) is 20.7 Å². The van der Waals surface area contributed by atoms with Gasteiger partial charge in [0.05, 0.1) is 5.60 Å². The van der Waals surface area contributed by atoms with Crippen molar-refractivity contribution in [2.45, 2.75) is 25.9 Å². The summed E-state index contributed by atoms with van der Waals surface area (Å²) in [6, 6.07) is 8.60. The summed E-state index contributed by atoms with van der Waals surface area (Å²) in [5.74, 6) is 0. The first kappa shape index (κ1) is 12.2. The number of ether oxygens (including phenoxy) is 1. The zero-order valence-corrected chi connectivity index (χ0v) is 10.1. The third kappa shape index (κ3) is 3.33. The molecular weight excluding hydrogens is 186 g/mol. The van der Waals surface area contributed by atoms with Crippen LogP contribution in [-0.4, -0.2) is 20.7 Å². The lowest BCUT2D eigenvalue weighted by Crippen LogP contribution is -2.19. The molecule has 0 aliphatic rings. The van der Waals surface area contributed by atoms with Crippen molar-refractivity contribution >= 4 is 0 Å². The van der Waals surface area contributed by atoms with Gasteiger partial charge in [-0.2, -0.15) is 0 Å². The van der Waals surface area contributed by atoms with Gasteiger partial charge in [-0.05, 0) is 45.0 Å². The van der Waals surface area contributed by atoms with Crippen LogP contribution in [0, 0.1) is 0 Å². The standard InChI is InChI=1S/C13H21NO/c1-13(2,15-4)12-7-5-6-11(10-12)8-9-14-3/h5-7,10,14H,8-9H2,1-4H3. The lowest BCUT2D eigenvalue weighted by Gasteiger charge is -2.24. The summed E-state index contributed by atoms with van der Waals surface area (Å²) in [6.45, 7) is 5.19. The molecule has 0 saturated heterocycles. The van der Waals surface area contributed by atoms with Gasteiger partial charge in [0.1, 0.15) is 0 Å². The number of hydrogen-bond donors (Lipinski definition) is 1. The molecule has 0 unspecified atom stereocenters. The molecule has 0 amide bonds.